The first-order valence-corrected chi connectivity index (χ1v) is 8.99. The van der Waals surface area contributed by atoms with Crippen molar-refractivity contribution in [3.63, 3.8) is 0 Å². The number of nitrogens with one attached hydrogen (secondary N) is 1. The first-order chi connectivity index (χ1) is 12.6. The molecule has 0 spiro atoms. The number of benzene rings is 1. The molecule has 1 aromatic carbocycles. The Morgan fingerprint density at radius 3 is 2.58 bits per heavy atom. The third-order valence-electron chi connectivity index (χ3n) is 4.88. The molecule has 1 aromatic rings. The fraction of sp³-hybridized carbons (Fsp3) is 0.611. The molecule has 0 bridgehead atoms. The minimum absolute atomic E-state index is 0.0581. The van der Waals surface area contributed by atoms with Gasteiger partial charge in [0.1, 0.15) is 11.6 Å². The van der Waals surface area contributed by atoms with E-state index in [0.29, 0.717) is 51.6 Å². The van der Waals surface area contributed by atoms with Crippen LogP contribution in [0.4, 0.5) is 14.5 Å². The monoisotopic (exact) mass is 368 g/mol. The molecule has 26 heavy (non-hydrogen) atoms. The summed E-state index contributed by atoms with van der Waals surface area (Å²) in [7, 11) is 0. The average molecular weight is 368 g/mol. The van der Waals surface area contributed by atoms with Crippen LogP contribution in [0.1, 0.15) is 6.92 Å². The van der Waals surface area contributed by atoms with Crippen molar-refractivity contribution in [1.82, 2.24) is 10.2 Å². The molecule has 0 aromatic heterocycles. The minimum Gasteiger partial charge on any atom is -0.396 e. The average Bonchev–Trinajstić information content (AvgIpc) is 2.62. The molecule has 3 rings (SSSR count). The number of aliphatic hydroxyl groups excluding tert-OH is 1. The summed E-state index contributed by atoms with van der Waals surface area (Å²) in [5, 5.41) is 12.8. The first kappa shape index (κ1) is 18.8. The van der Waals surface area contributed by atoms with Crippen molar-refractivity contribution >= 4 is 11.6 Å². The zero-order valence-electron chi connectivity index (χ0n) is 15.0. The van der Waals surface area contributed by atoms with E-state index in [4.69, 9.17) is 4.74 Å². The number of nitrogens with zero attached hydrogens (tertiary/aromatic N) is 3. The van der Waals surface area contributed by atoms with Crippen molar-refractivity contribution in [2.24, 2.45) is 10.4 Å². The molecule has 6 nitrogen and oxygen atoms in total. The number of ether oxygens (including phenoxy) is 1. The molecular formula is C18H26F2N4O2. The molecule has 0 atom stereocenters. The van der Waals surface area contributed by atoms with Gasteiger partial charge in [-0.1, -0.05) is 0 Å². The highest BCUT2D eigenvalue weighted by Gasteiger charge is 2.38. The number of piperazine rings is 1. The maximum absolute atomic E-state index is 14.0. The molecule has 2 N–H and O–H groups in total. The lowest BCUT2D eigenvalue weighted by molar-refractivity contribution is -0.130. The second kappa shape index (κ2) is 8.18. The van der Waals surface area contributed by atoms with E-state index in [-0.39, 0.29) is 12.0 Å². The van der Waals surface area contributed by atoms with E-state index in [1.54, 1.807) is 0 Å². The zero-order valence-corrected chi connectivity index (χ0v) is 15.0. The number of guanidine groups is 1. The second-order valence-corrected chi connectivity index (χ2v) is 6.89. The van der Waals surface area contributed by atoms with Crippen molar-refractivity contribution in [2.45, 2.75) is 6.92 Å². The number of hydrogen-bond donors (Lipinski definition) is 2. The third-order valence-corrected chi connectivity index (χ3v) is 4.88. The number of aliphatic hydroxyl groups is 1. The van der Waals surface area contributed by atoms with Gasteiger partial charge in [-0.25, -0.2) is 8.78 Å². The van der Waals surface area contributed by atoms with Gasteiger partial charge in [-0.15, -0.1) is 0 Å². The SMILES string of the molecule is CCNC(=NCC1(CO)COC1)N1CCN(c2cc(F)ccc2F)CC1. The highest BCUT2D eigenvalue weighted by atomic mass is 19.1. The number of aliphatic imine (C=N–C) groups is 1. The molecule has 0 unspecified atom stereocenters. The standard InChI is InChI=1S/C18H26F2N4O2/c1-2-21-17(22-10-18(11-25)12-26-13-18)24-7-5-23(6-8-24)16-9-14(19)3-4-15(16)20/h3-4,9,25H,2,5-8,10-13H2,1H3,(H,21,22). The van der Waals surface area contributed by atoms with Gasteiger partial charge in [0.05, 0.1) is 37.5 Å². The summed E-state index contributed by atoms with van der Waals surface area (Å²) in [5.41, 5.74) is 0.0325. The predicted molar refractivity (Wildman–Crippen MR) is 96.5 cm³/mol. The van der Waals surface area contributed by atoms with Crippen LogP contribution in [0, 0.1) is 17.0 Å². The zero-order chi connectivity index (χ0) is 18.6. The maximum Gasteiger partial charge on any atom is 0.194 e. The summed E-state index contributed by atoms with van der Waals surface area (Å²) in [5.74, 6) is -0.0577. The van der Waals surface area contributed by atoms with E-state index in [1.807, 2.05) is 11.8 Å². The van der Waals surface area contributed by atoms with E-state index < -0.39 is 11.6 Å². The van der Waals surface area contributed by atoms with Gasteiger partial charge in [0, 0.05) is 38.8 Å². The van der Waals surface area contributed by atoms with Crippen molar-refractivity contribution < 1.29 is 18.6 Å². The molecule has 2 fully saturated rings. The van der Waals surface area contributed by atoms with E-state index >= 15 is 0 Å². The van der Waals surface area contributed by atoms with Gasteiger partial charge in [-0.05, 0) is 19.1 Å². The predicted octanol–water partition coefficient (Wildman–Crippen LogP) is 1.06. The minimum atomic E-state index is -0.434. The summed E-state index contributed by atoms with van der Waals surface area (Å²) in [6.07, 6.45) is 0. The molecule has 2 aliphatic heterocycles. The maximum atomic E-state index is 14.0. The van der Waals surface area contributed by atoms with Gasteiger partial charge < -0.3 is 25.0 Å². The van der Waals surface area contributed by atoms with Crippen molar-refractivity contribution in [2.75, 3.05) is 64.0 Å². The Hall–Kier alpha value is -1.93. The van der Waals surface area contributed by atoms with Crippen LogP contribution < -0.4 is 10.2 Å². The molecule has 0 saturated carbocycles. The summed E-state index contributed by atoms with van der Waals surface area (Å²) >= 11 is 0. The van der Waals surface area contributed by atoms with Crippen LogP contribution in [0.3, 0.4) is 0 Å². The Labute approximate surface area is 152 Å². The van der Waals surface area contributed by atoms with Crippen LogP contribution in [0.15, 0.2) is 23.2 Å². The lowest BCUT2D eigenvalue weighted by Crippen LogP contribution is -2.54. The summed E-state index contributed by atoms with van der Waals surface area (Å²) in [6, 6.07) is 3.54. The van der Waals surface area contributed by atoms with Gasteiger partial charge in [0.2, 0.25) is 0 Å². The lowest BCUT2D eigenvalue weighted by Gasteiger charge is -2.40. The molecular weight excluding hydrogens is 342 g/mol. The van der Waals surface area contributed by atoms with Crippen molar-refractivity contribution in [3.05, 3.63) is 29.8 Å². The summed E-state index contributed by atoms with van der Waals surface area (Å²) in [6.45, 7) is 6.83. The van der Waals surface area contributed by atoms with E-state index in [1.165, 1.54) is 6.07 Å². The topological polar surface area (TPSA) is 60.3 Å². The number of anilines is 1. The van der Waals surface area contributed by atoms with Crippen LogP contribution in [0.5, 0.6) is 0 Å². The highest BCUT2D eigenvalue weighted by molar-refractivity contribution is 5.80. The van der Waals surface area contributed by atoms with Crippen molar-refractivity contribution in [1.29, 1.82) is 0 Å². The van der Waals surface area contributed by atoms with E-state index in [9.17, 15) is 13.9 Å². The normalized spacial score (nSPS) is 20.1. The van der Waals surface area contributed by atoms with Gasteiger partial charge in [0.15, 0.2) is 5.96 Å². The van der Waals surface area contributed by atoms with Crippen LogP contribution >= 0.6 is 0 Å². The van der Waals surface area contributed by atoms with E-state index in [0.717, 1.165) is 24.6 Å². The first-order valence-electron chi connectivity index (χ1n) is 8.99. The molecule has 2 saturated heterocycles. The molecule has 0 amide bonds. The Kier molecular flexibility index (Phi) is 5.93. The third kappa shape index (κ3) is 4.07. The van der Waals surface area contributed by atoms with Gasteiger partial charge in [-0.2, -0.15) is 0 Å². The molecule has 2 aliphatic rings. The fourth-order valence-corrected chi connectivity index (χ4v) is 3.18. The Balaban J connectivity index is 1.63. The Morgan fingerprint density at radius 2 is 2.00 bits per heavy atom. The summed E-state index contributed by atoms with van der Waals surface area (Å²) < 4.78 is 32.6. The molecule has 8 heteroatoms. The number of rotatable bonds is 5. The molecule has 144 valence electrons. The van der Waals surface area contributed by atoms with E-state index in [2.05, 4.69) is 15.2 Å². The number of halogens is 2. The lowest BCUT2D eigenvalue weighted by atomic mass is 9.87. The molecule has 0 aliphatic carbocycles. The van der Waals surface area contributed by atoms with Crippen LogP contribution in [0.2, 0.25) is 0 Å². The molecule has 2 heterocycles. The number of hydrogen-bond acceptors (Lipinski definition) is 4. The molecule has 0 radical (unpaired) electrons. The second-order valence-electron chi connectivity index (χ2n) is 6.89. The van der Waals surface area contributed by atoms with Crippen molar-refractivity contribution in [3.8, 4) is 0 Å². The van der Waals surface area contributed by atoms with Crippen LogP contribution in [0.25, 0.3) is 0 Å². The quantitative estimate of drug-likeness (QED) is 0.601. The van der Waals surface area contributed by atoms with Gasteiger partial charge in [0.25, 0.3) is 0 Å². The van der Waals surface area contributed by atoms with Gasteiger partial charge in [-0.3, -0.25) is 4.99 Å². The Bertz CT molecular complexity index is 639. The fourth-order valence-electron chi connectivity index (χ4n) is 3.18. The Morgan fingerprint density at radius 1 is 1.27 bits per heavy atom. The highest BCUT2D eigenvalue weighted by Crippen LogP contribution is 2.27. The largest absolute Gasteiger partial charge is 0.396 e. The van der Waals surface area contributed by atoms with Gasteiger partial charge >= 0.3 is 0 Å². The summed E-state index contributed by atoms with van der Waals surface area (Å²) in [4.78, 5) is 8.64. The van der Waals surface area contributed by atoms with Crippen LogP contribution in [-0.2, 0) is 4.74 Å². The van der Waals surface area contributed by atoms with Crippen LogP contribution in [-0.4, -0.2) is 75.1 Å². The smallest absolute Gasteiger partial charge is 0.194 e.